The lowest BCUT2D eigenvalue weighted by molar-refractivity contribution is -0.126. The minimum Gasteiger partial charge on any atom is -0.354 e. The van der Waals surface area contributed by atoms with E-state index in [9.17, 15) is 9.59 Å². The Bertz CT molecular complexity index is 931. The SMILES string of the molecule is O=C(NCCn1ccnc1)C1CC(=O)N(c2cccc3ccccc23)C1. The Morgan fingerprint density at radius 1 is 1.19 bits per heavy atom. The van der Waals surface area contributed by atoms with E-state index < -0.39 is 0 Å². The fourth-order valence-electron chi connectivity index (χ4n) is 3.43. The van der Waals surface area contributed by atoms with E-state index in [1.807, 2.05) is 53.2 Å². The summed E-state index contributed by atoms with van der Waals surface area (Å²) in [4.78, 5) is 30.7. The van der Waals surface area contributed by atoms with Crippen molar-refractivity contribution in [1.29, 1.82) is 0 Å². The predicted molar refractivity (Wildman–Crippen MR) is 99.6 cm³/mol. The Kier molecular flexibility index (Phi) is 4.39. The van der Waals surface area contributed by atoms with Crippen LogP contribution in [0.25, 0.3) is 10.8 Å². The molecule has 1 fully saturated rings. The van der Waals surface area contributed by atoms with Crippen molar-refractivity contribution in [3.05, 3.63) is 61.2 Å². The van der Waals surface area contributed by atoms with E-state index in [0.29, 0.717) is 19.6 Å². The van der Waals surface area contributed by atoms with E-state index in [1.54, 1.807) is 17.4 Å². The van der Waals surface area contributed by atoms with Gasteiger partial charge in [0.1, 0.15) is 0 Å². The number of anilines is 1. The predicted octanol–water partition coefficient (Wildman–Crippen LogP) is 2.21. The Morgan fingerprint density at radius 3 is 2.88 bits per heavy atom. The highest BCUT2D eigenvalue weighted by molar-refractivity contribution is 6.06. The lowest BCUT2D eigenvalue weighted by atomic mass is 10.1. The molecule has 3 aromatic rings. The molecule has 6 heteroatoms. The molecule has 0 radical (unpaired) electrons. The molecule has 0 spiro atoms. The Morgan fingerprint density at radius 2 is 2.04 bits per heavy atom. The van der Waals surface area contributed by atoms with Crippen LogP contribution >= 0.6 is 0 Å². The van der Waals surface area contributed by atoms with Crippen molar-refractivity contribution >= 4 is 28.3 Å². The first-order valence-electron chi connectivity index (χ1n) is 8.74. The summed E-state index contributed by atoms with van der Waals surface area (Å²) in [7, 11) is 0. The van der Waals surface area contributed by atoms with Crippen LogP contribution in [0.5, 0.6) is 0 Å². The zero-order valence-electron chi connectivity index (χ0n) is 14.3. The molecule has 0 bridgehead atoms. The van der Waals surface area contributed by atoms with Crippen molar-refractivity contribution < 1.29 is 9.59 Å². The van der Waals surface area contributed by atoms with Gasteiger partial charge in [-0.05, 0) is 11.5 Å². The monoisotopic (exact) mass is 348 g/mol. The number of carbonyl (C=O) groups is 2. The number of hydrogen-bond acceptors (Lipinski definition) is 3. The molecule has 1 aliphatic heterocycles. The molecule has 1 saturated heterocycles. The van der Waals surface area contributed by atoms with Crippen LogP contribution in [0.3, 0.4) is 0 Å². The van der Waals surface area contributed by atoms with E-state index >= 15 is 0 Å². The third-order valence-corrected chi connectivity index (χ3v) is 4.78. The summed E-state index contributed by atoms with van der Waals surface area (Å²) in [6.45, 7) is 1.61. The highest BCUT2D eigenvalue weighted by Gasteiger charge is 2.35. The van der Waals surface area contributed by atoms with Gasteiger partial charge in [0.15, 0.2) is 0 Å². The summed E-state index contributed by atoms with van der Waals surface area (Å²) in [6.07, 6.45) is 5.53. The van der Waals surface area contributed by atoms with E-state index in [-0.39, 0.29) is 24.2 Å². The van der Waals surface area contributed by atoms with Gasteiger partial charge in [0, 0.05) is 43.8 Å². The molecular weight excluding hydrogens is 328 g/mol. The van der Waals surface area contributed by atoms with E-state index in [0.717, 1.165) is 16.5 Å². The van der Waals surface area contributed by atoms with Crippen LogP contribution in [0.15, 0.2) is 61.2 Å². The Labute approximate surface area is 151 Å². The van der Waals surface area contributed by atoms with Crippen molar-refractivity contribution in [3.8, 4) is 0 Å². The third kappa shape index (κ3) is 3.18. The minimum atomic E-state index is -0.316. The van der Waals surface area contributed by atoms with Gasteiger partial charge in [-0.1, -0.05) is 36.4 Å². The van der Waals surface area contributed by atoms with Crippen molar-refractivity contribution in [2.45, 2.75) is 13.0 Å². The van der Waals surface area contributed by atoms with Gasteiger partial charge in [0.2, 0.25) is 11.8 Å². The van der Waals surface area contributed by atoms with Crippen LogP contribution in [0.4, 0.5) is 5.69 Å². The van der Waals surface area contributed by atoms with E-state index in [4.69, 9.17) is 0 Å². The molecule has 1 atom stereocenters. The fraction of sp³-hybridized carbons (Fsp3) is 0.250. The first kappa shape index (κ1) is 16.3. The van der Waals surface area contributed by atoms with Gasteiger partial charge in [-0.25, -0.2) is 4.98 Å². The van der Waals surface area contributed by atoms with Gasteiger partial charge in [-0.3, -0.25) is 9.59 Å². The maximum absolute atomic E-state index is 12.5. The van der Waals surface area contributed by atoms with Crippen LogP contribution < -0.4 is 10.2 Å². The molecule has 2 amide bonds. The summed E-state index contributed by atoms with van der Waals surface area (Å²) < 4.78 is 1.91. The van der Waals surface area contributed by atoms with Crippen molar-refractivity contribution in [1.82, 2.24) is 14.9 Å². The van der Waals surface area contributed by atoms with Crippen molar-refractivity contribution in [2.75, 3.05) is 18.0 Å². The number of amides is 2. The molecule has 1 aromatic heterocycles. The number of carbonyl (C=O) groups excluding carboxylic acids is 2. The summed E-state index contributed by atoms with van der Waals surface area (Å²) in [5.74, 6) is -0.387. The van der Waals surface area contributed by atoms with Gasteiger partial charge in [0.25, 0.3) is 0 Å². The molecule has 2 aromatic carbocycles. The van der Waals surface area contributed by atoms with Crippen LogP contribution in [-0.2, 0) is 16.1 Å². The zero-order valence-corrected chi connectivity index (χ0v) is 14.3. The summed E-state index contributed by atoms with van der Waals surface area (Å²) in [6, 6.07) is 13.9. The van der Waals surface area contributed by atoms with Gasteiger partial charge in [0.05, 0.1) is 17.9 Å². The van der Waals surface area contributed by atoms with Gasteiger partial charge in [-0.2, -0.15) is 0 Å². The highest BCUT2D eigenvalue weighted by atomic mass is 16.2. The second-order valence-corrected chi connectivity index (χ2v) is 6.50. The fourth-order valence-corrected chi connectivity index (χ4v) is 3.43. The molecule has 0 aliphatic carbocycles. The number of rotatable bonds is 5. The average molecular weight is 348 g/mol. The summed E-state index contributed by atoms with van der Waals surface area (Å²) >= 11 is 0. The van der Waals surface area contributed by atoms with Crippen molar-refractivity contribution in [2.24, 2.45) is 5.92 Å². The normalized spacial score (nSPS) is 17.0. The zero-order chi connectivity index (χ0) is 17.9. The minimum absolute atomic E-state index is 0.00360. The van der Waals surface area contributed by atoms with Crippen molar-refractivity contribution in [3.63, 3.8) is 0 Å². The first-order valence-corrected chi connectivity index (χ1v) is 8.74. The number of benzene rings is 2. The van der Waals surface area contributed by atoms with Gasteiger partial charge >= 0.3 is 0 Å². The lowest BCUT2D eigenvalue weighted by Crippen LogP contribution is -2.34. The molecule has 2 heterocycles. The second kappa shape index (κ2) is 7.00. The molecule has 1 aliphatic rings. The molecule has 1 N–H and O–H groups in total. The van der Waals surface area contributed by atoms with E-state index in [2.05, 4.69) is 10.3 Å². The molecule has 6 nitrogen and oxygen atoms in total. The standard InChI is InChI=1S/C20H20N4O2/c25-19-12-16(20(26)22-9-11-23-10-8-21-14-23)13-24(19)18-7-3-5-15-4-1-2-6-17(15)18/h1-8,10,14,16H,9,11-13H2,(H,22,26). The number of nitrogens with zero attached hydrogens (tertiary/aromatic N) is 3. The Balaban J connectivity index is 1.44. The van der Waals surface area contributed by atoms with Crippen LogP contribution in [0, 0.1) is 5.92 Å². The van der Waals surface area contributed by atoms with Crippen LogP contribution in [0.2, 0.25) is 0 Å². The van der Waals surface area contributed by atoms with Crippen LogP contribution in [0.1, 0.15) is 6.42 Å². The highest BCUT2D eigenvalue weighted by Crippen LogP contribution is 2.31. The third-order valence-electron chi connectivity index (χ3n) is 4.78. The number of nitrogens with one attached hydrogen (secondary N) is 1. The molecular formula is C20H20N4O2. The number of fused-ring (bicyclic) bond motifs is 1. The summed E-state index contributed by atoms with van der Waals surface area (Å²) in [5, 5.41) is 5.05. The topological polar surface area (TPSA) is 67.2 Å². The second-order valence-electron chi connectivity index (χ2n) is 6.50. The van der Waals surface area contributed by atoms with Gasteiger partial charge < -0.3 is 14.8 Å². The largest absolute Gasteiger partial charge is 0.354 e. The van der Waals surface area contributed by atoms with Gasteiger partial charge in [-0.15, -0.1) is 0 Å². The Hall–Kier alpha value is -3.15. The molecule has 4 rings (SSSR count). The number of imidazole rings is 1. The molecule has 132 valence electrons. The lowest BCUT2D eigenvalue weighted by Gasteiger charge is -2.19. The van der Waals surface area contributed by atoms with Crippen LogP contribution in [-0.4, -0.2) is 34.5 Å². The summed E-state index contributed by atoms with van der Waals surface area (Å²) in [5.41, 5.74) is 0.877. The smallest absolute Gasteiger partial charge is 0.227 e. The maximum atomic E-state index is 12.5. The quantitative estimate of drug-likeness (QED) is 0.769. The molecule has 0 saturated carbocycles. The molecule has 26 heavy (non-hydrogen) atoms. The van der Waals surface area contributed by atoms with E-state index in [1.165, 1.54) is 0 Å². The number of hydrogen-bond donors (Lipinski definition) is 1. The first-order chi connectivity index (χ1) is 12.7. The number of aromatic nitrogens is 2. The average Bonchev–Trinajstić information content (AvgIpc) is 3.31. The maximum Gasteiger partial charge on any atom is 0.227 e. The molecule has 1 unspecified atom stereocenters.